The van der Waals surface area contributed by atoms with Crippen molar-refractivity contribution in [2.45, 2.75) is 29.8 Å². The van der Waals surface area contributed by atoms with Crippen LogP contribution in [-0.2, 0) is 9.84 Å². The zero-order chi connectivity index (χ0) is 15.8. The molecule has 1 aromatic carbocycles. The topological polar surface area (TPSA) is 52.6 Å². The summed E-state index contributed by atoms with van der Waals surface area (Å²) in [4.78, 5) is -0.369. The van der Waals surface area contributed by atoms with E-state index in [1.807, 2.05) is 12.1 Å². The Morgan fingerprint density at radius 2 is 1.71 bits per heavy atom. The number of hydrogen-bond acceptors (Lipinski definition) is 4. The molecule has 1 heterocycles. The molecule has 0 bridgehead atoms. The number of rotatable bonds is 3. The molecule has 0 fully saturated rings. The summed E-state index contributed by atoms with van der Waals surface area (Å²) in [6.45, 7) is 4.62. The van der Waals surface area contributed by atoms with E-state index < -0.39 is 14.6 Å². The SMILES string of the molecule is CC(C)(C(Br)c1cc2c(cc1Br)OCCCO2)S(C)(=O)=O. The van der Waals surface area contributed by atoms with Gasteiger partial charge in [-0.1, -0.05) is 31.9 Å². The van der Waals surface area contributed by atoms with Gasteiger partial charge in [-0.2, -0.15) is 0 Å². The van der Waals surface area contributed by atoms with Crippen LogP contribution in [-0.4, -0.2) is 32.6 Å². The van der Waals surface area contributed by atoms with Gasteiger partial charge in [0, 0.05) is 17.1 Å². The number of ether oxygens (including phenoxy) is 2. The molecule has 21 heavy (non-hydrogen) atoms. The number of fused-ring (bicyclic) bond motifs is 1. The van der Waals surface area contributed by atoms with Gasteiger partial charge in [-0.05, 0) is 31.5 Å². The first-order chi connectivity index (χ1) is 9.64. The highest BCUT2D eigenvalue weighted by atomic mass is 79.9. The average molecular weight is 442 g/mol. The third kappa shape index (κ3) is 3.40. The van der Waals surface area contributed by atoms with Gasteiger partial charge in [0.1, 0.15) is 0 Å². The standard InChI is InChI=1S/C14H18Br2O4S/c1-14(2,21(3,17)18)13(16)9-7-11-12(8-10(9)15)20-6-4-5-19-11/h7-8,13H,4-6H2,1-3H3. The second-order valence-electron chi connectivity index (χ2n) is 5.61. The molecule has 0 amide bonds. The van der Waals surface area contributed by atoms with Crippen LogP contribution in [0.25, 0.3) is 0 Å². The molecule has 0 saturated heterocycles. The summed E-state index contributed by atoms with van der Waals surface area (Å²) in [5, 5.41) is 0. The highest BCUT2D eigenvalue weighted by Gasteiger charge is 2.39. The van der Waals surface area contributed by atoms with Crippen LogP contribution in [0.5, 0.6) is 11.5 Å². The lowest BCUT2D eigenvalue weighted by molar-refractivity contribution is 0.297. The van der Waals surface area contributed by atoms with E-state index in [0.717, 1.165) is 16.5 Å². The monoisotopic (exact) mass is 440 g/mol. The molecule has 0 spiro atoms. The summed E-state index contributed by atoms with van der Waals surface area (Å²) in [7, 11) is -3.23. The fourth-order valence-corrected chi connectivity index (χ4v) is 4.72. The predicted molar refractivity (Wildman–Crippen MR) is 90.3 cm³/mol. The van der Waals surface area contributed by atoms with E-state index in [0.29, 0.717) is 24.7 Å². The molecule has 7 heteroatoms. The summed E-state index contributed by atoms with van der Waals surface area (Å²) in [6.07, 6.45) is 2.08. The lowest BCUT2D eigenvalue weighted by atomic mass is 10.0. The summed E-state index contributed by atoms with van der Waals surface area (Å²) < 4.78 is 35.2. The molecule has 0 aliphatic carbocycles. The first-order valence-corrected chi connectivity index (χ1v) is 10.2. The van der Waals surface area contributed by atoms with Crippen LogP contribution in [0.1, 0.15) is 30.7 Å². The Bertz CT molecular complexity index is 641. The van der Waals surface area contributed by atoms with Gasteiger partial charge in [-0.25, -0.2) is 8.42 Å². The normalized spacial score (nSPS) is 17.2. The van der Waals surface area contributed by atoms with Crippen LogP contribution >= 0.6 is 31.9 Å². The maximum Gasteiger partial charge on any atom is 0.162 e. The third-order valence-corrected chi connectivity index (χ3v) is 8.48. The van der Waals surface area contributed by atoms with E-state index >= 15 is 0 Å². The number of sulfone groups is 1. The second kappa shape index (κ2) is 6.08. The fraction of sp³-hybridized carbons (Fsp3) is 0.571. The van der Waals surface area contributed by atoms with Crippen LogP contribution in [0.2, 0.25) is 0 Å². The van der Waals surface area contributed by atoms with Gasteiger partial charge in [-0.3, -0.25) is 0 Å². The zero-order valence-corrected chi connectivity index (χ0v) is 16.1. The van der Waals surface area contributed by atoms with Crippen molar-refractivity contribution >= 4 is 41.7 Å². The lowest BCUT2D eigenvalue weighted by Crippen LogP contribution is -2.35. The summed E-state index contributed by atoms with van der Waals surface area (Å²) in [5.74, 6) is 1.33. The molecule has 118 valence electrons. The van der Waals surface area contributed by atoms with E-state index in [-0.39, 0.29) is 4.83 Å². The maximum absolute atomic E-state index is 12.0. The Hall–Kier alpha value is -0.270. The lowest BCUT2D eigenvalue weighted by Gasteiger charge is -2.29. The minimum Gasteiger partial charge on any atom is -0.490 e. The molecule has 1 aliphatic rings. The molecule has 4 nitrogen and oxygen atoms in total. The van der Waals surface area contributed by atoms with E-state index in [4.69, 9.17) is 9.47 Å². The minimum absolute atomic E-state index is 0.369. The Kier molecular flexibility index (Phi) is 4.95. The first kappa shape index (κ1) is 17.1. The number of benzene rings is 1. The van der Waals surface area contributed by atoms with Crippen molar-refractivity contribution in [2.75, 3.05) is 19.5 Å². The maximum atomic E-state index is 12.0. The summed E-state index contributed by atoms with van der Waals surface area (Å²) in [6, 6.07) is 3.68. The molecule has 0 aromatic heterocycles. The van der Waals surface area contributed by atoms with Crippen LogP contribution in [0.15, 0.2) is 16.6 Å². The van der Waals surface area contributed by atoms with E-state index in [2.05, 4.69) is 31.9 Å². The van der Waals surface area contributed by atoms with E-state index in [9.17, 15) is 8.42 Å². The van der Waals surface area contributed by atoms with Gasteiger partial charge in [0.15, 0.2) is 21.3 Å². The van der Waals surface area contributed by atoms with Crippen molar-refractivity contribution in [3.8, 4) is 11.5 Å². The van der Waals surface area contributed by atoms with E-state index in [1.165, 1.54) is 6.26 Å². The second-order valence-corrected chi connectivity index (χ2v) is 9.98. The molecule has 0 N–H and O–H groups in total. The Morgan fingerprint density at radius 1 is 1.19 bits per heavy atom. The molecule has 1 aliphatic heterocycles. The smallest absolute Gasteiger partial charge is 0.162 e. The highest BCUT2D eigenvalue weighted by Crippen LogP contribution is 2.45. The molecule has 0 radical (unpaired) electrons. The third-order valence-electron chi connectivity index (χ3n) is 3.71. The van der Waals surface area contributed by atoms with Gasteiger partial charge in [0.05, 0.1) is 22.8 Å². The van der Waals surface area contributed by atoms with Crippen LogP contribution in [0, 0.1) is 0 Å². The highest BCUT2D eigenvalue weighted by molar-refractivity contribution is 9.11. The van der Waals surface area contributed by atoms with Crippen molar-refractivity contribution in [1.82, 2.24) is 0 Å². The Labute approximate surface area is 142 Å². The Balaban J connectivity index is 2.47. The van der Waals surface area contributed by atoms with Gasteiger partial charge >= 0.3 is 0 Å². The number of hydrogen-bond donors (Lipinski definition) is 0. The largest absolute Gasteiger partial charge is 0.490 e. The van der Waals surface area contributed by atoms with Crippen molar-refractivity contribution in [3.05, 3.63) is 22.2 Å². The van der Waals surface area contributed by atoms with Gasteiger partial charge < -0.3 is 9.47 Å². The first-order valence-electron chi connectivity index (χ1n) is 6.57. The van der Waals surface area contributed by atoms with Crippen molar-refractivity contribution < 1.29 is 17.9 Å². The number of halogens is 2. The van der Waals surface area contributed by atoms with E-state index in [1.54, 1.807) is 13.8 Å². The van der Waals surface area contributed by atoms with Gasteiger partial charge in [0.2, 0.25) is 0 Å². The van der Waals surface area contributed by atoms with Crippen LogP contribution in [0.4, 0.5) is 0 Å². The van der Waals surface area contributed by atoms with Crippen LogP contribution < -0.4 is 9.47 Å². The van der Waals surface area contributed by atoms with Gasteiger partial charge in [-0.15, -0.1) is 0 Å². The summed E-state index contributed by atoms with van der Waals surface area (Å²) >= 11 is 7.04. The molecular formula is C14H18Br2O4S. The molecule has 2 rings (SSSR count). The van der Waals surface area contributed by atoms with Crippen molar-refractivity contribution in [1.29, 1.82) is 0 Å². The molecular weight excluding hydrogens is 424 g/mol. The quantitative estimate of drug-likeness (QED) is 0.668. The molecule has 1 aromatic rings. The fourth-order valence-electron chi connectivity index (χ4n) is 1.96. The zero-order valence-electron chi connectivity index (χ0n) is 12.2. The summed E-state index contributed by atoms with van der Waals surface area (Å²) in [5.41, 5.74) is 0.828. The average Bonchev–Trinajstić information content (AvgIpc) is 2.60. The molecule has 1 unspecified atom stereocenters. The number of alkyl halides is 1. The predicted octanol–water partition coefficient (Wildman–Crippen LogP) is 3.87. The van der Waals surface area contributed by atoms with Crippen LogP contribution in [0.3, 0.4) is 0 Å². The van der Waals surface area contributed by atoms with Gasteiger partial charge in [0.25, 0.3) is 0 Å². The minimum atomic E-state index is -3.23. The molecule has 0 saturated carbocycles. The Morgan fingerprint density at radius 3 is 2.24 bits per heavy atom. The molecule has 1 atom stereocenters. The van der Waals surface area contributed by atoms with Crippen molar-refractivity contribution in [2.24, 2.45) is 0 Å². The van der Waals surface area contributed by atoms with Crippen molar-refractivity contribution in [3.63, 3.8) is 0 Å².